The Morgan fingerprint density at radius 2 is 1.75 bits per heavy atom. The molecule has 0 bridgehead atoms. The Hall–Kier alpha value is -2.95. The zero-order valence-electron chi connectivity index (χ0n) is 18.9. The van der Waals surface area contributed by atoms with Gasteiger partial charge in [-0.3, -0.25) is 4.79 Å². The summed E-state index contributed by atoms with van der Waals surface area (Å²) in [6.45, 7) is 4.45. The summed E-state index contributed by atoms with van der Waals surface area (Å²) in [5.74, 6) is 1.52. The molecule has 1 atom stereocenters. The average molecular weight is 429 g/mol. The minimum absolute atomic E-state index is 0.128. The fourth-order valence-electron chi connectivity index (χ4n) is 5.70. The van der Waals surface area contributed by atoms with E-state index in [0.717, 1.165) is 31.0 Å². The lowest BCUT2D eigenvalue weighted by Crippen LogP contribution is -2.35. The normalized spacial score (nSPS) is 20.0. The molecule has 2 heterocycles. The van der Waals surface area contributed by atoms with E-state index in [1.807, 2.05) is 12.4 Å². The number of likely N-dealkylation sites (tertiary alicyclic amines) is 1. The van der Waals surface area contributed by atoms with Gasteiger partial charge in [0.1, 0.15) is 12.2 Å². The van der Waals surface area contributed by atoms with Crippen LogP contribution in [-0.2, 0) is 17.8 Å². The highest BCUT2D eigenvalue weighted by Gasteiger charge is 2.50. The van der Waals surface area contributed by atoms with Crippen LogP contribution in [-0.4, -0.2) is 38.7 Å². The lowest BCUT2D eigenvalue weighted by atomic mass is 9.67. The van der Waals surface area contributed by atoms with Gasteiger partial charge in [0.15, 0.2) is 0 Å². The quantitative estimate of drug-likeness (QED) is 0.589. The second kappa shape index (κ2) is 8.89. The molecule has 0 radical (unpaired) electrons. The maximum atomic E-state index is 13.3. The summed E-state index contributed by atoms with van der Waals surface area (Å²) >= 11 is 0. The largest absolute Gasteiger partial charge is 0.341 e. The number of aromatic nitrogens is 3. The van der Waals surface area contributed by atoms with Gasteiger partial charge in [0.25, 0.3) is 0 Å². The van der Waals surface area contributed by atoms with Gasteiger partial charge in [-0.05, 0) is 36.3 Å². The summed E-state index contributed by atoms with van der Waals surface area (Å²) in [5.41, 5.74) is 3.69. The van der Waals surface area contributed by atoms with Crippen molar-refractivity contribution in [1.29, 1.82) is 0 Å². The molecular weight excluding hydrogens is 396 g/mol. The Balaban J connectivity index is 1.39. The van der Waals surface area contributed by atoms with Gasteiger partial charge in [-0.2, -0.15) is 0 Å². The molecule has 5 rings (SSSR count). The first kappa shape index (κ1) is 20.9. The van der Waals surface area contributed by atoms with Crippen molar-refractivity contribution >= 4 is 5.91 Å². The van der Waals surface area contributed by atoms with Gasteiger partial charge in [0, 0.05) is 19.0 Å². The first-order valence-corrected chi connectivity index (χ1v) is 11.9. The van der Waals surface area contributed by atoms with Crippen molar-refractivity contribution in [3.63, 3.8) is 0 Å². The van der Waals surface area contributed by atoms with Crippen molar-refractivity contribution in [2.24, 2.45) is 5.41 Å². The van der Waals surface area contributed by atoms with Gasteiger partial charge in [-0.1, -0.05) is 79.4 Å². The van der Waals surface area contributed by atoms with Crippen LogP contribution in [0.5, 0.6) is 0 Å². The molecule has 1 spiro atoms. The molecule has 32 heavy (non-hydrogen) atoms. The molecule has 3 aromatic rings. The molecule has 1 amide bonds. The maximum absolute atomic E-state index is 13.3. The zero-order chi connectivity index (χ0) is 22.0. The van der Waals surface area contributed by atoms with Crippen LogP contribution in [0.25, 0.3) is 0 Å². The standard InChI is InChI=1S/C27H32N4O/c1-21-10-12-22(13-11-21)16-25(32)30-18-24(27(19-30)14-6-3-7-15-27)26-29-28-20-31(26)17-23-8-4-2-5-9-23/h2,4-5,8-13,20,24H,3,6-7,14-19H2,1H3. The van der Waals surface area contributed by atoms with E-state index in [2.05, 4.69) is 75.1 Å². The van der Waals surface area contributed by atoms with E-state index in [9.17, 15) is 4.79 Å². The van der Waals surface area contributed by atoms with Crippen molar-refractivity contribution in [2.45, 2.75) is 57.9 Å². The molecule has 1 aliphatic carbocycles. The van der Waals surface area contributed by atoms with E-state index >= 15 is 0 Å². The lowest BCUT2D eigenvalue weighted by molar-refractivity contribution is -0.129. The summed E-state index contributed by atoms with van der Waals surface area (Å²) in [6.07, 6.45) is 8.44. The average Bonchev–Trinajstić information content (AvgIpc) is 3.41. The van der Waals surface area contributed by atoms with E-state index in [4.69, 9.17) is 0 Å². The van der Waals surface area contributed by atoms with Gasteiger partial charge in [0.05, 0.1) is 13.0 Å². The smallest absolute Gasteiger partial charge is 0.227 e. The Morgan fingerprint density at radius 1 is 1.00 bits per heavy atom. The predicted octanol–water partition coefficient (Wildman–Crippen LogP) is 4.75. The highest BCUT2D eigenvalue weighted by Crippen LogP contribution is 2.51. The molecule has 0 N–H and O–H groups in total. The van der Waals surface area contributed by atoms with Gasteiger partial charge in [-0.25, -0.2) is 0 Å². The van der Waals surface area contributed by atoms with Gasteiger partial charge in [0.2, 0.25) is 5.91 Å². The second-order valence-corrected chi connectivity index (χ2v) is 9.71. The molecule has 2 aromatic carbocycles. The summed E-state index contributed by atoms with van der Waals surface area (Å²) in [6, 6.07) is 18.8. The highest BCUT2D eigenvalue weighted by molar-refractivity contribution is 5.79. The fraction of sp³-hybridized carbons (Fsp3) is 0.444. The molecule has 5 nitrogen and oxygen atoms in total. The number of carbonyl (C=O) groups is 1. The Bertz CT molecular complexity index is 1050. The number of nitrogens with zero attached hydrogens (tertiary/aromatic N) is 4. The minimum atomic E-state index is 0.128. The lowest BCUT2D eigenvalue weighted by Gasteiger charge is -2.37. The molecule has 1 saturated carbocycles. The van der Waals surface area contributed by atoms with Crippen LogP contribution in [0.3, 0.4) is 0 Å². The van der Waals surface area contributed by atoms with Crippen LogP contribution in [0.1, 0.15) is 60.5 Å². The molecule has 5 heteroatoms. The SMILES string of the molecule is Cc1ccc(CC(=O)N2CC(c3nncn3Cc3ccccc3)C3(CCCCC3)C2)cc1. The monoisotopic (exact) mass is 428 g/mol. The van der Waals surface area contributed by atoms with Gasteiger partial charge < -0.3 is 9.47 Å². The number of hydrogen-bond donors (Lipinski definition) is 0. The summed E-state index contributed by atoms with van der Waals surface area (Å²) in [4.78, 5) is 15.4. The second-order valence-electron chi connectivity index (χ2n) is 9.71. The van der Waals surface area contributed by atoms with E-state index in [1.54, 1.807) is 0 Å². The topological polar surface area (TPSA) is 51.0 Å². The fourth-order valence-corrected chi connectivity index (χ4v) is 5.70. The third-order valence-corrected chi connectivity index (χ3v) is 7.48. The first-order chi connectivity index (χ1) is 15.6. The van der Waals surface area contributed by atoms with Gasteiger partial charge >= 0.3 is 0 Å². The molecule has 1 aliphatic heterocycles. The van der Waals surface area contributed by atoms with Gasteiger partial charge in [-0.15, -0.1) is 10.2 Å². The van der Waals surface area contributed by atoms with Crippen LogP contribution in [0.15, 0.2) is 60.9 Å². The Labute approximate surface area is 190 Å². The van der Waals surface area contributed by atoms with Crippen molar-refractivity contribution in [2.75, 3.05) is 13.1 Å². The summed E-state index contributed by atoms with van der Waals surface area (Å²) in [5, 5.41) is 8.90. The molecule has 2 fully saturated rings. The highest BCUT2D eigenvalue weighted by atomic mass is 16.2. The summed E-state index contributed by atoms with van der Waals surface area (Å²) in [7, 11) is 0. The molecule has 1 aromatic heterocycles. The first-order valence-electron chi connectivity index (χ1n) is 11.9. The number of hydrogen-bond acceptors (Lipinski definition) is 3. The van der Waals surface area contributed by atoms with Crippen LogP contribution in [0.4, 0.5) is 0 Å². The van der Waals surface area contributed by atoms with Crippen molar-refractivity contribution < 1.29 is 4.79 Å². The third-order valence-electron chi connectivity index (χ3n) is 7.48. The molecule has 166 valence electrons. The third kappa shape index (κ3) is 4.21. The zero-order valence-corrected chi connectivity index (χ0v) is 18.9. The van der Waals surface area contributed by atoms with E-state index in [-0.39, 0.29) is 17.2 Å². The number of amides is 1. The Kier molecular flexibility index (Phi) is 5.81. The molecule has 1 unspecified atom stereocenters. The molecule has 2 aliphatic rings. The van der Waals surface area contributed by atoms with Crippen molar-refractivity contribution in [3.8, 4) is 0 Å². The number of benzene rings is 2. The van der Waals surface area contributed by atoms with E-state index in [1.165, 1.54) is 43.2 Å². The van der Waals surface area contributed by atoms with Crippen LogP contribution in [0.2, 0.25) is 0 Å². The predicted molar refractivity (Wildman–Crippen MR) is 125 cm³/mol. The van der Waals surface area contributed by atoms with Crippen molar-refractivity contribution in [3.05, 3.63) is 83.4 Å². The molecular formula is C27H32N4O. The van der Waals surface area contributed by atoms with Crippen LogP contribution in [0, 0.1) is 12.3 Å². The number of carbonyl (C=O) groups excluding carboxylic acids is 1. The Morgan fingerprint density at radius 3 is 2.50 bits per heavy atom. The van der Waals surface area contributed by atoms with Crippen LogP contribution < -0.4 is 0 Å². The minimum Gasteiger partial charge on any atom is -0.341 e. The number of aryl methyl sites for hydroxylation is 1. The molecule has 1 saturated heterocycles. The maximum Gasteiger partial charge on any atom is 0.227 e. The summed E-state index contributed by atoms with van der Waals surface area (Å²) < 4.78 is 2.20. The van der Waals surface area contributed by atoms with Crippen molar-refractivity contribution in [1.82, 2.24) is 19.7 Å². The van der Waals surface area contributed by atoms with E-state index in [0.29, 0.717) is 6.42 Å². The number of rotatable bonds is 5. The van der Waals surface area contributed by atoms with Crippen LogP contribution >= 0.6 is 0 Å². The van der Waals surface area contributed by atoms with E-state index < -0.39 is 0 Å².